The number of carbonyl (C=O) groups is 1. The van der Waals surface area contributed by atoms with E-state index in [0.717, 1.165) is 16.9 Å². The third-order valence-corrected chi connectivity index (χ3v) is 3.97. The molecule has 2 rings (SSSR count). The van der Waals surface area contributed by atoms with Crippen LogP contribution in [0.4, 0.5) is 0 Å². The van der Waals surface area contributed by atoms with Gasteiger partial charge in [-0.1, -0.05) is 35.3 Å². The summed E-state index contributed by atoms with van der Waals surface area (Å²) in [6.07, 6.45) is 3.24. The van der Waals surface area contributed by atoms with Crippen molar-refractivity contribution < 1.29 is 14.3 Å². The molecular formula is C18H16Cl2O3. The SMILES string of the molecule is COCc1cc(/C=C/C(=O)c2ccc(Cl)c(Cl)c2)ccc1OC. The normalized spacial score (nSPS) is 11.0. The van der Waals surface area contributed by atoms with Crippen LogP contribution < -0.4 is 4.74 Å². The second kappa shape index (κ2) is 8.16. The first-order valence-corrected chi connectivity index (χ1v) is 7.64. The van der Waals surface area contributed by atoms with Crippen molar-refractivity contribution in [2.45, 2.75) is 6.61 Å². The van der Waals surface area contributed by atoms with Gasteiger partial charge in [-0.3, -0.25) is 4.79 Å². The van der Waals surface area contributed by atoms with Crippen LogP contribution in [0.2, 0.25) is 10.0 Å². The van der Waals surface area contributed by atoms with Crippen LogP contribution >= 0.6 is 23.2 Å². The maximum absolute atomic E-state index is 12.2. The second-order valence-electron chi connectivity index (χ2n) is 4.83. The number of ether oxygens (including phenoxy) is 2. The van der Waals surface area contributed by atoms with E-state index in [4.69, 9.17) is 32.7 Å². The summed E-state index contributed by atoms with van der Waals surface area (Å²) < 4.78 is 10.4. The molecule has 0 aliphatic rings. The van der Waals surface area contributed by atoms with Gasteiger partial charge in [0.2, 0.25) is 0 Å². The Morgan fingerprint density at radius 1 is 1.09 bits per heavy atom. The number of hydrogen-bond donors (Lipinski definition) is 0. The van der Waals surface area contributed by atoms with Crippen molar-refractivity contribution in [3.63, 3.8) is 0 Å². The molecule has 0 aromatic heterocycles. The van der Waals surface area contributed by atoms with E-state index < -0.39 is 0 Å². The third kappa shape index (κ3) is 4.58. The smallest absolute Gasteiger partial charge is 0.185 e. The summed E-state index contributed by atoms with van der Waals surface area (Å²) in [5, 5.41) is 0.782. The summed E-state index contributed by atoms with van der Waals surface area (Å²) in [7, 11) is 3.23. The lowest BCUT2D eigenvalue weighted by Crippen LogP contribution is -1.96. The first-order chi connectivity index (χ1) is 11.0. The van der Waals surface area contributed by atoms with E-state index >= 15 is 0 Å². The van der Waals surface area contributed by atoms with Crippen molar-refractivity contribution in [1.29, 1.82) is 0 Å². The Balaban J connectivity index is 2.20. The Kier molecular flexibility index (Phi) is 6.22. The number of rotatable bonds is 6. The number of benzene rings is 2. The molecule has 0 aliphatic carbocycles. The molecule has 0 N–H and O–H groups in total. The van der Waals surface area contributed by atoms with E-state index in [9.17, 15) is 4.79 Å². The molecule has 2 aromatic rings. The minimum absolute atomic E-state index is 0.146. The monoisotopic (exact) mass is 350 g/mol. The van der Waals surface area contributed by atoms with Crippen molar-refractivity contribution in [2.75, 3.05) is 14.2 Å². The minimum Gasteiger partial charge on any atom is -0.496 e. The van der Waals surface area contributed by atoms with Crippen LogP contribution in [-0.2, 0) is 11.3 Å². The fourth-order valence-corrected chi connectivity index (χ4v) is 2.39. The zero-order valence-corrected chi connectivity index (χ0v) is 14.3. The van der Waals surface area contributed by atoms with Gasteiger partial charge in [-0.25, -0.2) is 0 Å². The lowest BCUT2D eigenvalue weighted by molar-refractivity contribution is 0.104. The summed E-state index contributed by atoms with van der Waals surface area (Å²) in [6, 6.07) is 10.4. The van der Waals surface area contributed by atoms with Crippen LogP contribution in [0.1, 0.15) is 21.5 Å². The van der Waals surface area contributed by atoms with Gasteiger partial charge in [0.05, 0.1) is 23.8 Å². The fraction of sp³-hybridized carbons (Fsp3) is 0.167. The summed E-state index contributed by atoms with van der Waals surface area (Å²) in [4.78, 5) is 12.2. The molecule has 23 heavy (non-hydrogen) atoms. The molecule has 0 unspecified atom stereocenters. The first kappa shape index (κ1) is 17.5. The van der Waals surface area contributed by atoms with E-state index in [1.807, 2.05) is 18.2 Å². The van der Waals surface area contributed by atoms with Crippen LogP contribution in [0, 0.1) is 0 Å². The van der Waals surface area contributed by atoms with Gasteiger partial charge in [-0.2, -0.15) is 0 Å². The molecule has 2 aromatic carbocycles. The largest absolute Gasteiger partial charge is 0.496 e. The third-order valence-electron chi connectivity index (χ3n) is 3.24. The Bertz CT molecular complexity index is 739. The molecule has 0 saturated heterocycles. The van der Waals surface area contributed by atoms with E-state index in [1.165, 1.54) is 6.08 Å². The predicted octanol–water partition coefficient (Wildman–Crippen LogP) is 5.04. The van der Waals surface area contributed by atoms with Crippen LogP contribution in [0.25, 0.3) is 6.08 Å². The number of ketones is 1. The van der Waals surface area contributed by atoms with Crippen molar-refractivity contribution in [1.82, 2.24) is 0 Å². The van der Waals surface area contributed by atoms with Crippen LogP contribution in [-0.4, -0.2) is 20.0 Å². The predicted molar refractivity (Wildman–Crippen MR) is 93.5 cm³/mol. The summed E-state index contributed by atoms with van der Waals surface area (Å²) in [5.74, 6) is 0.604. The number of hydrogen-bond acceptors (Lipinski definition) is 3. The quantitative estimate of drug-likeness (QED) is 0.540. The van der Waals surface area contributed by atoms with Crippen molar-refractivity contribution in [3.05, 3.63) is 69.2 Å². The van der Waals surface area contributed by atoms with Gasteiger partial charge in [-0.15, -0.1) is 0 Å². The molecule has 3 nitrogen and oxygen atoms in total. The molecule has 0 radical (unpaired) electrons. The van der Waals surface area contributed by atoms with Gasteiger partial charge in [0.1, 0.15) is 5.75 Å². The summed E-state index contributed by atoms with van der Waals surface area (Å²) in [6.45, 7) is 0.436. The topological polar surface area (TPSA) is 35.5 Å². The Morgan fingerprint density at radius 2 is 1.87 bits per heavy atom. The van der Waals surface area contributed by atoms with E-state index in [1.54, 1.807) is 38.5 Å². The number of halogens is 2. The van der Waals surface area contributed by atoms with Crippen LogP contribution in [0.3, 0.4) is 0 Å². The Labute approximate surface area is 145 Å². The average Bonchev–Trinajstić information content (AvgIpc) is 2.55. The van der Waals surface area contributed by atoms with Gasteiger partial charge in [-0.05, 0) is 42.0 Å². The van der Waals surface area contributed by atoms with Crippen molar-refractivity contribution in [3.8, 4) is 5.75 Å². The highest BCUT2D eigenvalue weighted by atomic mass is 35.5. The highest BCUT2D eigenvalue weighted by Crippen LogP contribution is 2.24. The molecule has 5 heteroatoms. The maximum Gasteiger partial charge on any atom is 0.185 e. The van der Waals surface area contributed by atoms with Gasteiger partial charge in [0.15, 0.2) is 5.78 Å². The maximum atomic E-state index is 12.2. The van der Waals surface area contributed by atoms with E-state index in [2.05, 4.69) is 0 Å². The number of allylic oxidation sites excluding steroid dienone is 1. The number of carbonyl (C=O) groups excluding carboxylic acids is 1. The molecule has 0 atom stereocenters. The second-order valence-corrected chi connectivity index (χ2v) is 5.65. The fourth-order valence-electron chi connectivity index (χ4n) is 2.09. The molecule has 0 amide bonds. The van der Waals surface area contributed by atoms with Crippen molar-refractivity contribution in [2.24, 2.45) is 0 Å². The summed E-state index contributed by atoms with van der Waals surface area (Å²) in [5.41, 5.74) is 2.28. The lowest BCUT2D eigenvalue weighted by atomic mass is 10.1. The highest BCUT2D eigenvalue weighted by molar-refractivity contribution is 6.42. The molecule has 0 bridgehead atoms. The van der Waals surface area contributed by atoms with E-state index in [0.29, 0.717) is 22.2 Å². The van der Waals surface area contributed by atoms with Crippen LogP contribution in [0.5, 0.6) is 5.75 Å². The number of methoxy groups -OCH3 is 2. The van der Waals surface area contributed by atoms with Gasteiger partial charge >= 0.3 is 0 Å². The average molecular weight is 351 g/mol. The molecule has 0 saturated carbocycles. The van der Waals surface area contributed by atoms with Crippen molar-refractivity contribution >= 4 is 35.1 Å². The molecular weight excluding hydrogens is 335 g/mol. The molecule has 0 fully saturated rings. The summed E-state index contributed by atoms with van der Waals surface area (Å²) >= 11 is 11.8. The lowest BCUT2D eigenvalue weighted by Gasteiger charge is -2.08. The van der Waals surface area contributed by atoms with Gasteiger partial charge in [0.25, 0.3) is 0 Å². The minimum atomic E-state index is -0.146. The first-order valence-electron chi connectivity index (χ1n) is 6.88. The molecule has 120 valence electrons. The highest BCUT2D eigenvalue weighted by Gasteiger charge is 2.06. The standard InChI is InChI=1S/C18H16Cl2O3/c1-22-11-14-9-12(4-8-18(14)23-2)3-7-17(21)13-5-6-15(19)16(20)10-13/h3-10H,11H2,1-2H3/b7-3+. The zero-order valence-electron chi connectivity index (χ0n) is 12.8. The van der Waals surface area contributed by atoms with E-state index in [-0.39, 0.29) is 5.78 Å². The Morgan fingerprint density at radius 3 is 2.52 bits per heavy atom. The Hall–Kier alpha value is -1.81. The zero-order chi connectivity index (χ0) is 16.8. The van der Waals surface area contributed by atoms with Gasteiger partial charge < -0.3 is 9.47 Å². The molecule has 0 aliphatic heterocycles. The molecule has 0 spiro atoms. The molecule has 0 heterocycles. The van der Waals surface area contributed by atoms with Crippen LogP contribution in [0.15, 0.2) is 42.5 Å². The van der Waals surface area contributed by atoms with Gasteiger partial charge in [0, 0.05) is 18.2 Å².